The molecule has 3 rings (SSSR count). The first-order chi connectivity index (χ1) is 7.43. The third kappa shape index (κ3) is 1.36. The minimum Gasteiger partial charge on any atom is -0.351 e. The molecule has 0 fully saturated rings. The van der Waals surface area contributed by atoms with Crippen LogP contribution in [0.5, 0.6) is 0 Å². The molecule has 0 spiro atoms. The van der Waals surface area contributed by atoms with Gasteiger partial charge in [0.1, 0.15) is 11.4 Å². The molecule has 0 amide bonds. The number of para-hydroxylation sites is 2. The van der Waals surface area contributed by atoms with Crippen molar-refractivity contribution in [3.8, 4) is 11.4 Å². The van der Waals surface area contributed by atoms with Crippen LogP contribution in [0.4, 0.5) is 0 Å². The molecule has 0 aliphatic rings. The van der Waals surface area contributed by atoms with Gasteiger partial charge in [0, 0.05) is 6.20 Å². The third-order valence-corrected chi connectivity index (χ3v) is 2.21. The maximum absolute atomic E-state index is 4.47. The van der Waals surface area contributed by atoms with E-state index in [1.165, 1.54) is 0 Å². The van der Waals surface area contributed by atoms with Crippen LogP contribution in [-0.4, -0.2) is 19.9 Å². The highest BCUT2D eigenvalue weighted by Gasteiger charge is 2.02. The Morgan fingerprint density at radius 1 is 0.933 bits per heavy atom. The smallest absolute Gasteiger partial charge is 0.109 e. The topological polar surface area (TPSA) is 54.5 Å². The first-order valence-electron chi connectivity index (χ1n) is 4.64. The van der Waals surface area contributed by atoms with Gasteiger partial charge in [-0.25, -0.2) is 9.97 Å². The average molecular weight is 196 g/mol. The first kappa shape index (κ1) is 8.11. The fourth-order valence-electron chi connectivity index (χ4n) is 1.48. The molecule has 0 saturated carbocycles. The zero-order valence-electron chi connectivity index (χ0n) is 7.88. The normalized spacial score (nSPS) is 10.7. The first-order valence-corrected chi connectivity index (χ1v) is 4.64. The Labute approximate surface area is 86.0 Å². The summed E-state index contributed by atoms with van der Waals surface area (Å²) in [5, 5.41) is 0. The highest BCUT2D eigenvalue weighted by atomic mass is 14.9. The van der Waals surface area contributed by atoms with Crippen LogP contribution >= 0.6 is 0 Å². The van der Waals surface area contributed by atoms with Crippen LogP contribution in [0.25, 0.3) is 22.4 Å². The number of imidazole rings is 1. The lowest BCUT2D eigenvalue weighted by Gasteiger charge is -1.98. The van der Waals surface area contributed by atoms with Crippen molar-refractivity contribution in [2.45, 2.75) is 0 Å². The van der Waals surface area contributed by atoms with Gasteiger partial charge in [0.25, 0.3) is 0 Å². The summed E-state index contributed by atoms with van der Waals surface area (Å²) in [6, 6.07) is 7.78. The number of hydrogen-bond donors (Lipinski definition) is 1. The van der Waals surface area contributed by atoms with Crippen LogP contribution in [0.3, 0.4) is 0 Å². The molecular weight excluding hydrogens is 188 g/mol. The zero-order chi connectivity index (χ0) is 10.1. The SMILES string of the molecule is c1ccc2nc(-c3c[nH]cn3)cnc2c1. The van der Waals surface area contributed by atoms with Gasteiger partial charge in [-0.05, 0) is 12.1 Å². The van der Waals surface area contributed by atoms with Crippen molar-refractivity contribution in [3.63, 3.8) is 0 Å². The summed E-state index contributed by atoms with van der Waals surface area (Å²) in [5.74, 6) is 0. The highest BCUT2D eigenvalue weighted by Crippen LogP contribution is 2.15. The van der Waals surface area contributed by atoms with Crippen molar-refractivity contribution in [1.29, 1.82) is 0 Å². The number of nitrogens with one attached hydrogen (secondary N) is 1. The van der Waals surface area contributed by atoms with Crippen molar-refractivity contribution in [3.05, 3.63) is 43.0 Å². The summed E-state index contributed by atoms with van der Waals surface area (Å²) in [6.07, 6.45) is 5.17. The van der Waals surface area contributed by atoms with Crippen LogP contribution < -0.4 is 0 Å². The van der Waals surface area contributed by atoms with Crippen LogP contribution in [0, 0.1) is 0 Å². The fraction of sp³-hybridized carbons (Fsp3) is 0. The second-order valence-electron chi connectivity index (χ2n) is 3.20. The van der Waals surface area contributed by atoms with E-state index in [0.717, 1.165) is 22.4 Å². The second-order valence-corrected chi connectivity index (χ2v) is 3.20. The van der Waals surface area contributed by atoms with Crippen molar-refractivity contribution in [2.24, 2.45) is 0 Å². The number of aromatic nitrogens is 4. The Kier molecular flexibility index (Phi) is 1.71. The van der Waals surface area contributed by atoms with E-state index in [9.17, 15) is 0 Å². The molecule has 4 nitrogen and oxygen atoms in total. The van der Waals surface area contributed by atoms with Gasteiger partial charge >= 0.3 is 0 Å². The third-order valence-electron chi connectivity index (χ3n) is 2.21. The fourth-order valence-corrected chi connectivity index (χ4v) is 1.48. The summed E-state index contributed by atoms with van der Waals surface area (Å²) < 4.78 is 0. The number of rotatable bonds is 1. The van der Waals surface area contributed by atoms with E-state index < -0.39 is 0 Å². The maximum atomic E-state index is 4.47. The van der Waals surface area contributed by atoms with Crippen LogP contribution in [0.2, 0.25) is 0 Å². The number of H-pyrrole nitrogens is 1. The highest BCUT2D eigenvalue weighted by molar-refractivity contribution is 5.76. The van der Waals surface area contributed by atoms with E-state index in [1.54, 1.807) is 18.7 Å². The number of nitrogens with zero attached hydrogens (tertiary/aromatic N) is 3. The van der Waals surface area contributed by atoms with E-state index in [2.05, 4.69) is 19.9 Å². The van der Waals surface area contributed by atoms with Crippen molar-refractivity contribution < 1.29 is 0 Å². The molecule has 1 N–H and O–H groups in total. The standard InChI is InChI=1S/C11H8N4/c1-2-4-9-8(3-1)13-6-11(15-9)10-5-12-7-14-10/h1-7H,(H,12,14). The summed E-state index contributed by atoms with van der Waals surface area (Å²) in [4.78, 5) is 15.8. The molecule has 2 aromatic heterocycles. The van der Waals surface area contributed by atoms with Crippen molar-refractivity contribution in [2.75, 3.05) is 0 Å². The Bertz CT molecular complexity index is 586. The molecule has 15 heavy (non-hydrogen) atoms. The number of hydrogen-bond acceptors (Lipinski definition) is 3. The van der Waals surface area contributed by atoms with Gasteiger partial charge in [-0.15, -0.1) is 0 Å². The van der Waals surface area contributed by atoms with Crippen molar-refractivity contribution in [1.82, 2.24) is 19.9 Å². The Balaban J connectivity index is 2.22. The van der Waals surface area contributed by atoms with E-state index in [4.69, 9.17) is 0 Å². The monoisotopic (exact) mass is 196 g/mol. The summed E-state index contributed by atoms with van der Waals surface area (Å²) in [5.41, 5.74) is 3.39. The molecule has 0 unspecified atom stereocenters. The van der Waals surface area contributed by atoms with Gasteiger partial charge in [0.2, 0.25) is 0 Å². The molecule has 3 aromatic rings. The molecule has 1 aromatic carbocycles. The minimum atomic E-state index is 0.787. The maximum Gasteiger partial charge on any atom is 0.109 e. The van der Waals surface area contributed by atoms with E-state index in [0.29, 0.717) is 0 Å². The molecule has 0 bridgehead atoms. The van der Waals surface area contributed by atoms with Gasteiger partial charge < -0.3 is 4.98 Å². The molecule has 4 heteroatoms. The van der Waals surface area contributed by atoms with E-state index >= 15 is 0 Å². The van der Waals surface area contributed by atoms with Gasteiger partial charge in [0.05, 0.1) is 23.6 Å². The summed E-state index contributed by atoms with van der Waals surface area (Å²) in [6.45, 7) is 0. The number of fused-ring (bicyclic) bond motifs is 1. The number of benzene rings is 1. The number of aromatic amines is 1. The van der Waals surface area contributed by atoms with E-state index in [1.807, 2.05) is 24.3 Å². The summed E-state index contributed by atoms with van der Waals surface area (Å²) >= 11 is 0. The predicted molar refractivity (Wildman–Crippen MR) is 57.1 cm³/mol. The molecule has 0 radical (unpaired) electrons. The Morgan fingerprint density at radius 3 is 2.60 bits per heavy atom. The van der Waals surface area contributed by atoms with Gasteiger partial charge in [-0.3, -0.25) is 4.98 Å². The van der Waals surface area contributed by atoms with Gasteiger partial charge in [-0.1, -0.05) is 12.1 Å². The van der Waals surface area contributed by atoms with Gasteiger partial charge in [-0.2, -0.15) is 0 Å². The molecule has 2 heterocycles. The molecule has 0 saturated heterocycles. The lowest BCUT2D eigenvalue weighted by atomic mass is 10.3. The van der Waals surface area contributed by atoms with Crippen molar-refractivity contribution >= 4 is 11.0 Å². The van der Waals surface area contributed by atoms with Crippen LogP contribution in [0.1, 0.15) is 0 Å². The quantitative estimate of drug-likeness (QED) is 0.647. The Morgan fingerprint density at radius 2 is 1.80 bits per heavy atom. The molecule has 0 aliphatic carbocycles. The zero-order valence-corrected chi connectivity index (χ0v) is 7.88. The van der Waals surface area contributed by atoms with Crippen LogP contribution in [0.15, 0.2) is 43.0 Å². The Hall–Kier alpha value is -2.23. The average Bonchev–Trinajstić information content (AvgIpc) is 2.82. The lowest BCUT2D eigenvalue weighted by Crippen LogP contribution is -1.87. The van der Waals surface area contributed by atoms with Crippen LogP contribution in [-0.2, 0) is 0 Å². The predicted octanol–water partition coefficient (Wildman–Crippen LogP) is 2.02. The minimum absolute atomic E-state index is 0.787. The molecule has 0 aliphatic heterocycles. The largest absolute Gasteiger partial charge is 0.351 e. The second kappa shape index (κ2) is 3.16. The molecule has 72 valence electrons. The molecule has 0 atom stereocenters. The van der Waals surface area contributed by atoms with Gasteiger partial charge in [0.15, 0.2) is 0 Å². The summed E-state index contributed by atoms with van der Waals surface area (Å²) in [7, 11) is 0. The molecular formula is C11H8N4. The van der Waals surface area contributed by atoms with E-state index in [-0.39, 0.29) is 0 Å². The lowest BCUT2D eigenvalue weighted by molar-refractivity contribution is 1.26.